The van der Waals surface area contributed by atoms with Crippen molar-refractivity contribution in [1.82, 2.24) is 39.5 Å². The van der Waals surface area contributed by atoms with Crippen LogP contribution in [0.4, 0.5) is 20.5 Å². The Morgan fingerprint density at radius 1 is 1.31 bits per heavy atom. The second-order valence-corrected chi connectivity index (χ2v) is 8.62. The first-order chi connectivity index (χ1) is 16.6. The molecule has 1 fully saturated rings. The maximum absolute atomic E-state index is 14.6. The average molecular weight is 487 g/mol. The number of carbonyl (C=O) groups is 1. The van der Waals surface area contributed by atoms with Gasteiger partial charge in [0.2, 0.25) is 11.9 Å². The lowest BCUT2D eigenvalue weighted by atomic mass is 9.97. The number of nitrogen functional groups attached to an aromatic ring is 1. The van der Waals surface area contributed by atoms with Crippen LogP contribution < -0.4 is 11.1 Å². The van der Waals surface area contributed by atoms with Crippen LogP contribution >= 0.6 is 0 Å². The van der Waals surface area contributed by atoms with Gasteiger partial charge in [0.15, 0.2) is 17.3 Å². The zero-order valence-corrected chi connectivity index (χ0v) is 20.1. The Labute approximate surface area is 200 Å². The number of anilines is 2. The van der Waals surface area contributed by atoms with Gasteiger partial charge in [-0.1, -0.05) is 5.21 Å². The van der Waals surface area contributed by atoms with Crippen LogP contribution in [-0.4, -0.2) is 71.2 Å². The first kappa shape index (κ1) is 24.2. The van der Waals surface area contributed by atoms with Crippen molar-refractivity contribution >= 4 is 34.4 Å². The molecule has 1 amide bonds. The maximum atomic E-state index is 14.6. The quantitative estimate of drug-likeness (QED) is 0.452. The number of likely N-dealkylation sites (tertiary alicyclic amines) is 1. The highest BCUT2D eigenvalue weighted by Gasteiger charge is 2.31. The number of piperidine rings is 1. The molecule has 5 rings (SSSR count). The summed E-state index contributed by atoms with van der Waals surface area (Å²) in [6, 6.07) is 3.46. The van der Waals surface area contributed by atoms with Gasteiger partial charge >= 0.3 is 0 Å². The summed E-state index contributed by atoms with van der Waals surface area (Å²) >= 11 is 0. The Balaban J connectivity index is 0.000000221. The highest BCUT2D eigenvalue weighted by atomic mass is 19.1. The van der Waals surface area contributed by atoms with E-state index in [1.807, 2.05) is 6.92 Å². The molecule has 35 heavy (non-hydrogen) atoms. The monoisotopic (exact) mass is 486 g/mol. The first-order valence-electron chi connectivity index (χ1n) is 11.3. The topological polar surface area (TPSA) is 132 Å². The zero-order valence-electron chi connectivity index (χ0n) is 20.1. The van der Waals surface area contributed by atoms with Crippen molar-refractivity contribution in [2.45, 2.75) is 45.8 Å². The molecule has 1 atom stereocenters. The Hall–Kier alpha value is -3.90. The molecule has 0 saturated carbocycles. The number of rotatable bonds is 3. The molecule has 5 heterocycles. The standard InChI is InChI=1S/C14H14FN9.C8H14FNO/c1-3-23-13-9(20-22-23)5-4-8(18-13)10-7(15)6-24-11(10)12(17-2)19-14(16)21-24;1-7(11)10-5-3-4-8(2,9)6-10/h4-6H,3H2,1-2H3,(H3,16,17,19,21);3-6H2,1-2H3. The highest BCUT2D eigenvalue weighted by molar-refractivity contribution is 5.89. The van der Waals surface area contributed by atoms with E-state index in [9.17, 15) is 13.6 Å². The molecular formula is C22H28F2N10O. The summed E-state index contributed by atoms with van der Waals surface area (Å²) in [5.41, 5.74) is 6.95. The summed E-state index contributed by atoms with van der Waals surface area (Å²) in [5.74, 6) is -0.0159. The normalized spacial score (nSPS) is 17.9. The molecule has 1 saturated heterocycles. The lowest BCUT2D eigenvalue weighted by molar-refractivity contribution is -0.132. The van der Waals surface area contributed by atoms with Gasteiger partial charge in [-0.3, -0.25) is 4.79 Å². The predicted octanol–water partition coefficient (Wildman–Crippen LogP) is 2.68. The van der Waals surface area contributed by atoms with Crippen molar-refractivity contribution in [2.24, 2.45) is 0 Å². The number of carbonyl (C=O) groups excluding carboxylic acids is 1. The van der Waals surface area contributed by atoms with Crippen molar-refractivity contribution in [3.8, 4) is 11.3 Å². The van der Waals surface area contributed by atoms with Crippen LogP contribution in [0.25, 0.3) is 27.9 Å². The Bertz CT molecular complexity index is 1380. The summed E-state index contributed by atoms with van der Waals surface area (Å²) in [5, 5.41) is 15.0. The number of pyridine rings is 1. The van der Waals surface area contributed by atoms with Gasteiger partial charge in [-0.15, -0.1) is 10.2 Å². The number of amides is 1. The minimum Gasteiger partial charge on any atom is -0.371 e. The van der Waals surface area contributed by atoms with E-state index in [1.165, 1.54) is 17.6 Å². The van der Waals surface area contributed by atoms with E-state index in [-0.39, 0.29) is 18.4 Å². The van der Waals surface area contributed by atoms with Crippen LogP contribution in [0.5, 0.6) is 0 Å². The molecule has 0 aromatic carbocycles. The largest absolute Gasteiger partial charge is 0.371 e. The number of nitrogens with two attached hydrogens (primary N) is 1. The van der Waals surface area contributed by atoms with E-state index in [0.717, 1.165) is 13.0 Å². The highest BCUT2D eigenvalue weighted by Crippen LogP contribution is 2.32. The fraction of sp³-hybridized carbons (Fsp3) is 0.455. The fourth-order valence-electron chi connectivity index (χ4n) is 4.16. The number of halogens is 2. The molecule has 0 radical (unpaired) electrons. The molecule has 1 aliphatic heterocycles. The average Bonchev–Trinajstić information content (AvgIpc) is 3.37. The molecule has 3 N–H and O–H groups in total. The first-order valence-corrected chi connectivity index (χ1v) is 11.3. The number of aryl methyl sites for hydroxylation is 1. The molecule has 4 aromatic heterocycles. The van der Waals surface area contributed by atoms with Gasteiger partial charge in [0.1, 0.15) is 16.7 Å². The summed E-state index contributed by atoms with van der Waals surface area (Å²) < 4.78 is 30.9. The van der Waals surface area contributed by atoms with Crippen LogP contribution in [0.15, 0.2) is 18.3 Å². The SMILES string of the molecule is CC(=O)N1CCCC(C)(F)C1.CCn1nnc2ccc(-c3c(F)cn4nc(N)nc(NC)c34)nc21. The Morgan fingerprint density at radius 2 is 2.09 bits per heavy atom. The molecule has 0 spiro atoms. The van der Waals surface area contributed by atoms with E-state index >= 15 is 0 Å². The van der Waals surface area contributed by atoms with Crippen molar-refractivity contribution in [3.63, 3.8) is 0 Å². The van der Waals surface area contributed by atoms with Gasteiger partial charge in [0.05, 0.1) is 24.0 Å². The number of hydrogen-bond donors (Lipinski definition) is 2. The molecule has 1 unspecified atom stereocenters. The van der Waals surface area contributed by atoms with Gasteiger partial charge in [0.25, 0.3) is 0 Å². The van der Waals surface area contributed by atoms with E-state index in [2.05, 4.69) is 30.7 Å². The van der Waals surface area contributed by atoms with Crippen molar-refractivity contribution < 1.29 is 13.6 Å². The van der Waals surface area contributed by atoms with Crippen LogP contribution in [0.3, 0.4) is 0 Å². The second-order valence-electron chi connectivity index (χ2n) is 8.62. The molecule has 186 valence electrons. The molecule has 1 aliphatic rings. The van der Waals surface area contributed by atoms with Gasteiger partial charge in [-0.05, 0) is 38.8 Å². The molecule has 0 bridgehead atoms. The number of nitrogens with one attached hydrogen (secondary N) is 1. The lowest BCUT2D eigenvalue weighted by Gasteiger charge is -2.34. The maximum Gasteiger partial charge on any atom is 0.240 e. The summed E-state index contributed by atoms with van der Waals surface area (Å²) in [4.78, 5) is 21.1. The van der Waals surface area contributed by atoms with E-state index in [1.54, 1.807) is 35.7 Å². The van der Waals surface area contributed by atoms with Crippen LogP contribution in [0.2, 0.25) is 0 Å². The number of alkyl halides is 1. The lowest BCUT2D eigenvalue weighted by Crippen LogP contribution is -2.45. The Kier molecular flexibility index (Phi) is 6.50. The summed E-state index contributed by atoms with van der Waals surface area (Å²) in [6.07, 6.45) is 2.62. The van der Waals surface area contributed by atoms with Crippen LogP contribution in [-0.2, 0) is 11.3 Å². The number of nitrogens with zero attached hydrogens (tertiary/aromatic N) is 8. The van der Waals surface area contributed by atoms with Gasteiger partial charge in [-0.2, -0.15) is 4.98 Å². The van der Waals surface area contributed by atoms with Crippen LogP contribution in [0.1, 0.15) is 33.6 Å². The predicted molar refractivity (Wildman–Crippen MR) is 128 cm³/mol. The minimum absolute atomic E-state index is 0.0198. The fourth-order valence-corrected chi connectivity index (χ4v) is 4.16. The van der Waals surface area contributed by atoms with Crippen LogP contribution in [0, 0.1) is 5.82 Å². The molecule has 13 heteroatoms. The zero-order chi connectivity index (χ0) is 25.3. The van der Waals surface area contributed by atoms with Crippen molar-refractivity contribution in [2.75, 3.05) is 31.2 Å². The van der Waals surface area contributed by atoms with Gasteiger partial charge < -0.3 is 16.0 Å². The van der Waals surface area contributed by atoms with E-state index in [0.29, 0.717) is 46.7 Å². The third kappa shape index (κ3) is 4.84. The third-order valence-corrected chi connectivity index (χ3v) is 5.85. The van der Waals surface area contributed by atoms with Crippen molar-refractivity contribution in [1.29, 1.82) is 0 Å². The molecule has 11 nitrogen and oxygen atoms in total. The summed E-state index contributed by atoms with van der Waals surface area (Å²) in [7, 11) is 1.68. The van der Waals surface area contributed by atoms with Crippen molar-refractivity contribution in [3.05, 3.63) is 24.1 Å². The Morgan fingerprint density at radius 3 is 2.71 bits per heavy atom. The van der Waals surface area contributed by atoms with E-state index < -0.39 is 11.5 Å². The molecule has 0 aliphatic carbocycles. The number of hydrogen-bond acceptors (Lipinski definition) is 8. The summed E-state index contributed by atoms with van der Waals surface area (Å²) in [6.45, 7) is 6.58. The van der Waals surface area contributed by atoms with E-state index in [4.69, 9.17) is 5.73 Å². The van der Waals surface area contributed by atoms with Gasteiger partial charge in [0, 0.05) is 27.1 Å². The number of aromatic nitrogens is 7. The molecule has 4 aromatic rings. The van der Waals surface area contributed by atoms with Gasteiger partial charge in [-0.25, -0.2) is 23.0 Å². The minimum atomic E-state index is -1.16. The third-order valence-electron chi connectivity index (χ3n) is 5.85. The second kappa shape index (κ2) is 9.39. The smallest absolute Gasteiger partial charge is 0.240 e. The molecular weight excluding hydrogens is 458 g/mol. The number of fused-ring (bicyclic) bond motifs is 2.